The normalized spacial score (nSPS) is 10.6. The zero-order valence-corrected chi connectivity index (χ0v) is 9.88. The molecule has 84 valence electrons. The maximum absolute atomic E-state index is 11.6. The molecule has 0 aromatic rings. The van der Waals surface area contributed by atoms with Crippen LogP contribution in [0.2, 0.25) is 0 Å². The molecule has 0 aliphatic carbocycles. The van der Waals surface area contributed by atoms with Crippen LogP contribution in [-0.2, 0) is 9.53 Å². The Morgan fingerprint density at radius 3 is 2.43 bits per heavy atom. The van der Waals surface area contributed by atoms with Crippen molar-refractivity contribution < 1.29 is 9.53 Å². The van der Waals surface area contributed by atoms with Crippen LogP contribution in [0.15, 0.2) is 0 Å². The van der Waals surface area contributed by atoms with Crippen LogP contribution in [0.3, 0.4) is 0 Å². The van der Waals surface area contributed by atoms with Gasteiger partial charge in [0.15, 0.2) is 0 Å². The van der Waals surface area contributed by atoms with Crippen LogP contribution >= 0.6 is 0 Å². The number of rotatable bonds is 7. The zero-order valence-electron chi connectivity index (χ0n) is 9.88. The summed E-state index contributed by atoms with van der Waals surface area (Å²) in [7, 11) is 0. The maximum atomic E-state index is 11.6. The van der Waals surface area contributed by atoms with Gasteiger partial charge in [-0.3, -0.25) is 4.79 Å². The van der Waals surface area contributed by atoms with Crippen LogP contribution in [0.1, 0.15) is 40.5 Å². The number of ether oxygens (including phenoxy) is 1. The molecule has 0 saturated carbocycles. The van der Waals surface area contributed by atoms with Gasteiger partial charge in [0.2, 0.25) is 5.91 Å². The minimum Gasteiger partial charge on any atom is -0.378 e. The van der Waals surface area contributed by atoms with E-state index in [1.54, 1.807) is 0 Å². The highest BCUT2D eigenvalue weighted by Gasteiger charge is 2.09. The molecule has 0 aliphatic heterocycles. The average molecular weight is 201 g/mol. The van der Waals surface area contributed by atoms with Crippen LogP contribution < -0.4 is 0 Å². The predicted molar refractivity (Wildman–Crippen MR) is 58.3 cm³/mol. The van der Waals surface area contributed by atoms with Crippen molar-refractivity contribution in [1.82, 2.24) is 4.90 Å². The van der Waals surface area contributed by atoms with Crippen molar-refractivity contribution in [3.63, 3.8) is 0 Å². The molecule has 0 heterocycles. The second-order valence-corrected chi connectivity index (χ2v) is 3.64. The summed E-state index contributed by atoms with van der Waals surface area (Å²) in [6.07, 6.45) is 1.74. The van der Waals surface area contributed by atoms with Gasteiger partial charge >= 0.3 is 0 Å². The largest absolute Gasteiger partial charge is 0.378 e. The van der Waals surface area contributed by atoms with E-state index < -0.39 is 0 Å². The molecular weight excluding hydrogens is 178 g/mol. The summed E-state index contributed by atoms with van der Waals surface area (Å²) < 4.78 is 5.34. The predicted octanol–water partition coefficient (Wildman–Crippen LogP) is 2.06. The van der Waals surface area contributed by atoms with Crippen LogP contribution in [0.25, 0.3) is 0 Å². The summed E-state index contributed by atoms with van der Waals surface area (Å²) in [5.41, 5.74) is 0. The van der Waals surface area contributed by atoms with E-state index in [2.05, 4.69) is 6.92 Å². The number of amides is 1. The number of carbonyl (C=O) groups is 1. The van der Waals surface area contributed by atoms with Gasteiger partial charge in [0.05, 0.1) is 19.1 Å². The van der Waals surface area contributed by atoms with Gasteiger partial charge in [-0.05, 0) is 27.2 Å². The summed E-state index contributed by atoms with van der Waals surface area (Å²) in [5, 5.41) is 0. The van der Waals surface area contributed by atoms with E-state index in [4.69, 9.17) is 4.74 Å². The van der Waals surface area contributed by atoms with E-state index in [9.17, 15) is 4.79 Å². The summed E-state index contributed by atoms with van der Waals surface area (Å²) >= 11 is 0. The molecule has 0 N–H and O–H groups in total. The van der Waals surface area contributed by atoms with Crippen molar-refractivity contribution in [1.29, 1.82) is 0 Å². The Balaban J connectivity index is 3.69. The minimum absolute atomic E-state index is 0.204. The minimum atomic E-state index is 0.204. The molecule has 0 radical (unpaired) electrons. The quantitative estimate of drug-likeness (QED) is 0.631. The molecule has 0 saturated heterocycles. The first-order valence-electron chi connectivity index (χ1n) is 5.51. The molecule has 0 rings (SSSR count). The third kappa shape index (κ3) is 5.97. The van der Waals surface area contributed by atoms with Gasteiger partial charge < -0.3 is 9.64 Å². The molecule has 0 spiro atoms. The van der Waals surface area contributed by atoms with E-state index in [1.165, 1.54) is 0 Å². The van der Waals surface area contributed by atoms with Crippen LogP contribution in [-0.4, -0.2) is 36.6 Å². The molecule has 3 nitrogen and oxygen atoms in total. The van der Waals surface area contributed by atoms with Crippen LogP contribution in [0.5, 0.6) is 0 Å². The first-order chi connectivity index (χ1) is 6.61. The van der Waals surface area contributed by atoms with Gasteiger partial charge in [0.1, 0.15) is 0 Å². The first-order valence-corrected chi connectivity index (χ1v) is 5.51. The second kappa shape index (κ2) is 7.80. The Bertz CT molecular complexity index is 157. The number of hydrogen-bond acceptors (Lipinski definition) is 2. The SMILES string of the molecule is CCCN(CC)C(=O)CCOC(C)C. The van der Waals surface area contributed by atoms with Gasteiger partial charge in [-0.1, -0.05) is 6.92 Å². The highest BCUT2D eigenvalue weighted by Crippen LogP contribution is 1.98. The lowest BCUT2D eigenvalue weighted by Gasteiger charge is -2.20. The van der Waals surface area contributed by atoms with Gasteiger partial charge in [0.25, 0.3) is 0 Å². The highest BCUT2D eigenvalue weighted by atomic mass is 16.5. The Hall–Kier alpha value is -0.570. The maximum Gasteiger partial charge on any atom is 0.224 e. The molecule has 0 unspecified atom stereocenters. The summed E-state index contributed by atoms with van der Waals surface area (Å²) in [6.45, 7) is 10.3. The number of carbonyl (C=O) groups excluding carboxylic acids is 1. The van der Waals surface area contributed by atoms with Crippen molar-refractivity contribution in [3.05, 3.63) is 0 Å². The Labute approximate surface area is 87.4 Å². The lowest BCUT2D eigenvalue weighted by atomic mass is 10.3. The number of nitrogens with zero attached hydrogens (tertiary/aromatic N) is 1. The zero-order chi connectivity index (χ0) is 11.0. The van der Waals surface area contributed by atoms with Crippen molar-refractivity contribution in [2.75, 3.05) is 19.7 Å². The van der Waals surface area contributed by atoms with E-state index in [1.807, 2.05) is 25.7 Å². The standard InChI is InChI=1S/C11H23NO2/c1-5-8-12(6-2)11(13)7-9-14-10(3)4/h10H,5-9H2,1-4H3. The molecule has 0 aliphatic rings. The van der Waals surface area contributed by atoms with E-state index >= 15 is 0 Å². The lowest BCUT2D eigenvalue weighted by molar-refractivity contribution is -0.132. The molecular formula is C11H23NO2. The summed E-state index contributed by atoms with van der Waals surface area (Å²) in [5.74, 6) is 0.204. The molecule has 0 fully saturated rings. The third-order valence-electron chi connectivity index (χ3n) is 2.00. The smallest absolute Gasteiger partial charge is 0.224 e. The van der Waals surface area contributed by atoms with Gasteiger partial charge in [0, 0.05) is 13.1 Å². The third-order valence-corrected chi connectivity index (χ3v) is 2.00. The molecule has 1 amide bonds. The fraction of sp³-hybridized carbons (Fsp3) is 0.909. The van der Waals surface area contributed by atoms with Crippen LogP contribution in [0.4, 0.5) is 0 Å². The van der Waals surface area contributed by atoms with E-state index in [0.29, 0.717) is 13.0 Å². The Morgan fingerprint density at radius 2 is 2.00 bits per heavy atom. The van der Waals surface area contributed by atoms with Gasteiger partial charge in [-0.15, -0.1) is 0 Å². The monoisotopic (exact) mass is 201 g/mol. The molecule has 0 bridgehead atoms. The van der Waals surface area contributed by atoms with Crippen molar-refractivity contribution in [2.24, 2.45) is 0 Å². The van der Waals surface area contributed by atoms with Crippen LogP contribution in [0, 0.1) is 0 Å². The van der Waals surface area contributed by atoms with Gasteiger partial charge in [-0.2, -0.15) is 0 Å². The highest BCUT2D eigenvalue weighted by molar-refractivity contribution is 5.76. The van der Waals surface area contributed by atoms with Crippen molar-refractivity contribution in [3.8, 4) is 0 Å². The van der Waals surface area contributed by atoms with Crippen molar-refractivity contribution in [2.45, 2.75) is 46.6 Å². The van der Waals surface area contributed by atoms with E-state index in [-0.39, 0.29) is 12.0 Å². The second-order valence-electron chi connectivity index (χ2n) is 3.64. The summed E-state index contributed by atoms with van der Waals surface area (Å²) in [6, 6.07) is 0. The lowest BCUT2D eigenvalue weighted by Crippen LogP contribution is -2.32. The molecule has 3 heteroatoms. The molecule has 0 aromatic heterocycles. The van der Waals surface area contributed by atoms with Crippen molar-refractivity contribution >= 4 is 5.91 Å². The average Bonchev–Trinajstić information content (AvgIpc) is 2.13. The molecule has 14 heavy (non-hydrogen) atoms. The molecule has 0 atom stereocenters. The fourth-order valence-electron chi connectivity index (χ4n) is 1.27. The summed E-state index contributed by atoms with van der Waals surface area (Å²) in [4.78, 5) is 13.5. The first kappa shape index (κ1) is 13.4. The fourth-order valence-corrected chi connectivity index (χ4v) is 1.27. The van der Waals surface area contributed by atoms with Gasteiger partial charge in [-0.25, -0.2) is 0 Å². The molecule has 0 aromatic carbocycles. The number of hydrogen-bond donors (Lipinski definition) is 0. The van der Waals surface area contributed by atoms with E-state index in [0.717, 1.165) is 19.5 Å². The Kier molecular flexibility index (Phi) is 7.48. The topological polar surface area (TPSA) is 29.5 Å². The Morgan fingerprint density at radius 1 is 1.36 bits per heavy atom.